The maximum Gasteiger partial charge on any atom is 0.0668 e. The van der Waals surface area contributed by atoms with Crippen LogP contribution in [-0.4, -0.2) is 19.3 Å². The van der Waals surface area contributed by atoms with Crippen LogP contribution >= 0.6 is 0 Å². The van der Waals surface area contributed by atoms with Gasteiger partial charge in [-0.2, -0.15) is 0 Å². The summed E-state index contributed by atoms with van der Waals surface area (Å²) in [5, 5.41) is 3.48. The maximum atomic E-state index is 5.32. The lowest BCUT2D eigenvalue weighted by Gasteiger charge is -2.13. The molecule has 0 spiro atoms. The molecule has 1 unspecified atom stereocenters. The Hall–Kier alpha value is -1.02. The first kappa shape index (κ1) is 13.0. The van der Waals surface area contributed by atoms with Crippen LogP contribution in [0.15, 0.2) is 18.2 Å². The van der Waals surface area contributed by atoms with Crippen LogP contribution in [0.4, 0.5) is 5.69 Å². The van der Waals surface area contributed by atoms with Crippen molar-refractivity contribution in [2.45, 2.75) is 40.2 Å². The lowest BCUT2D eigenvalue weighted by Crippen LogP contribution is -2.18. The van der Waals surface area contributed by atoms with Gasteiger partial charge in [0.25, 0.3) is 0 Å². The molecule has 1 aromatic carbocycles. The summed E-state index contributed by atoms with van der Waals surface area (Å²) in [6.45, 7) is 10.0. The van der Waals surface area contributed by atoms with Crippen LogP contribution in [0, 0.1) is 13.8 Å². The van der Waals surface area contributed by atoms with Gasteiger partial charge in [0, 0.05) is 12.3 Å². The average Bonchev–Trinajstić information content (AvgIpc) is 2.79. The van der Waals surface area contributed by atoms with Gasteiger partial charge in [0.15, 0.2) is 0 Å². The predicted octanol–water partition coefficient (Wildman–Crippen LogP) is 3.53. The monoisotopic (exact) mass is 221 g/mol. The standard InChI is InChI=1S/C12H17NO.C2H6/c1-9-3-4-11(7-10(9)2)13-12-5-6-14-8-12;1-2/h3-4,7,12-13H,5-6,8H2,1-2H3;1-2H3. The van der Waals surface area contributed by atoms with Gasteiger partial charge >= 0.3 is 0 Å². The van der Waals surface area contributed by atoms with E-state index in [0.29, 0.717) is 6.04 Å². The Bertz CT molecular complexity index is 317. The zero-order valence-corrected chi connectivity index (χ0v) is 10.8. The number of aryl methyl sites for hydroxylation is 2. The van der Waals surface area contributed by atoms with E-state index in [1.54, 1.807) is 0 Å². The molecule has 1 fully saturated rings. The third kappa shape index (κ3) is 3.53. The predicted molar refractivity (Wildman–Crippen MR) is 70.1 cm³/mol. The first-order chi connectivity index (χ1) is 7.75. The van der Waals surface area contributed by atoms with Crippen LogP contribution in [0.5, 0.6) is 0 Å². The number of ether oxygens (including phenoxy) is 1. The zero-order valence-electron chi connectivity index (χ0n) is 10.8. The number of rotatable bonds is 2. The van der Waals surface area contributed by atoms with E-state index < -0.39 is 0 Å². The molecule has 1 heterocycles. The van der Waals surface area contributed by atoms with Crippen LogP contribution < -0.4 is 5.32 Å². The average molecular weight is 221 g/mol. The number of nitrogens with one attached hydrogen (secondary N) is 1. The quantitative estimate of drug-likeness (QED) is 0.825. The Labute approximate surface area is 99.0 Å². The SMILES string of the molecule is CC.Cc1ccc(NC2CCOC2)cc1C. The van der Waals surface area contributed by atoms with Crippen LogP contribution in [0.3, 0.4) is 0 Å². The molecule has 1 aromatic rings. The molecular formula is C14H23NO. The van der Waals surface area contributed by atoms with Gasteiger partial charge in [-0.25, -0.2) is 0 Å². The smallest absolute Gasteiger partial charge is 0.0668 e. The van der Waals surface area contributed by atoms with E-state index in [2.05, 4.69) is 37.4 Å². The third-order valence-electron chi connectivity index (χ3n) is 2.81. The van der Waals surface area contributed by atoms with Crippen LogP contribution in [0.25, 0.3) is 0 Å². The molecule has 1 aliphatic rings. The summed E-state index contributed by atoms with van der Waals surface area (Å²) in [5.41, 5.74) is 3.90. The van der Waals surface area contributed by atoms with Crippen molar-refractivity contribution in [2.24, 2.45) is 0 Å². The summed E-state index contributed by atoms with van der Waals surface area (Å²) in [6, 6.07) is 7.00. The normalized spacial score (nSPS) is 18.9. The summed E-state index contributed by atoms with van der Waals surface area (Å²) in [4.78, 5) is 0. The second-order valence-electron chi connectivity index (χ2n) is 4.00. The summed E-state index contributed by atoms with van der Waals surface area (Å²) in [6.07, 6.45) is 1.12. The molecule has 2 heteroatoms. The van der Waals surface area contributed by atoms with Gasteiger partial charge in [-0.15, -0.1) is 0 Å². The molecule has 1 saturated heterocycles. The summed E-state index contributed by atoms with van der Waals surface area (Å²) in [7, 11) is 0. The van der Waals surface area contributed by atoms with Gasteiger partial charge in [-0.1, -0.05) is 19.9 Å². The van der Waals surface area contributed by atoms with Crippen molar-refractivity contribution in [3.63, 3.8) is 0 Å². The zero-order chi connectivity index (χ0) is 12.0. The fourth-order valence-corrected chi connectivity index (χ4v) is 1.72. The van der Waals surface area contributed by atoms with E-state index in [-0.39, 0.29) is 0 Å². The highest BCUT2D eigenvalue weighted by molar-refractivity contribution is 5.48. The molecule has 1 aliphatic heterocycles. The van der Waals surface area contributed by atoms with Gasteiger partial charge in [0.05, 0.1) is 12.6 Å². The molecule has 1 atom stereocenters. The second-order valence-corrected chi connectivity index (χ2v) is 4.00. The molecule has 1 N–H and O–H groups in total. The van der Waals surface area contributed by atoms with Gasteiger partial charge < -0.3 is 10.1 Å². The van der Waals surface area contributed by atoms with Crippen molar-refractivity contribution in [3.8, 4) is 0 Å². The van der Waals surface area contributed by atoms with Crippen molar-refractivity contribution < 1.29 is 4.74 Å². The van der Waals surface area contributed by atoms with Crippen molar-refractivity contribution in [1.82, 2.24) is 0 Å². The van der Waals surface area contributed by atoms with Gasteiger partial charge in [0.2, 0.25) is 0 Å². The molecule has 0 amide bonds. The fourth-order valence-electron chi connectivity index (χ4n) is 1.72. The topological polar surface area (TPSA) is 21.3 Å². The number of anilines is 1. The number of hydrogen-bond donors (Lipinski definition) is 1. The van der Waals surface area contributed by atoms with Crippen molar-refractivity contribution >= 4 is 5.69 Å². The van der Waals surface area contributed by atoms with E-state index in [9.17, 15) is 0 Å². The number of benzene rings is 1. The Morgan fingerprint density at radius 2 is 1.94 bits per heavy atom. The summed E-state index contributed by atoms with van der Waals surface area (Å²) in [5.74, 6) is 0. The van der Waals surface area contributed by atoms with E-state index >= 15 is 0 Å². The van der Waals surface area contributed by atoms with E-state index in [0.717, 1.165) is 19.6 Å². The molecule has 0 aliphatic carbocycles. The molecule has 0 radical (unpaired) electrons. The highest BCUT2D eigenvalue weighted by Gasteiger charge is 2.14. The molecule has 16 heavy (non-hydrogen) atoms. The highest BCUT2D eigenvalue weighted by atomic mass is 16.5. The Balaban J connectivity index is 0.000000606. The molecular weight excluding hydrogens is 198 g/mol. The Morgan fingerprint density at radius 1 is 1.19 bits per heavy atom. The van der Waals surface area contributed by atoms with E-state index in [1.165, 1.54) is 16.8 Å². The van der Waals surface area contributed by atoms with E-state index in [1.807, 2.05) is 13.8 Å². The van der Waals surface area contributed by atoms with Gasteiger partial charge in [0.1, 0.15) is 0 Å². The lowest BCUT2D eigenvalue weighted by atomic mass is 10.1. The Morgan fingerprint density at radius 3 is 2.50 bits per heavy atom. The first-order valence-electron chi connectivity index (χ1n) is 6.17. The summed E-state index contributed by atoms with van der Waals surface area (Å²) >= 11 is 0. The van der Waals surface area contributed by atoms with Crippen LogP contribution in [0.1, 0.15) is 31.4 Å². The van der Waals surface area contributed by atoms with Crippen LogP contribution in [0.2, 0.25) is 0 Å². The van der Waals surface area contributed by atoms with Gasteiger partial charge in [-0.3, -0.25) is 0 Å². The highest BCUT2D eigenvalue weighted by Crippen LogP contribution is 2.17. The minimum absolute atomic E-state index is 0.497. The van der Waals surface area contributed by atoms with Crippen LogP contribution in [-0.2, 0) is 4.74 Å². The van der Waals surface area contributed by atoms with E-state index in [4.69, 9.17) is 4.74 Å². The molecule has 2 rings (SSSR count). The van der Waals surface area contributed by atoms with Crippen molar-refractivity contribution in [1.29, 1.82) is 0 Å². The lowest BCUT2D eigenvalue weighted by molar-refractivity contribution is 0.195. The largest absolute Gasteiger partial charge is 0.380 e. The minimum atomic E-state index is 0.497. The molecule has 0 saturated carbocycles. The number of hydrogen-bond acceptors (Lipinski definition) is 2. The first-order valence-corrected chi connectivity index (χ1v) is 6.17. The molecule has 0 aromatic heterocycles. The molecule has 2 nitrogen and oxygen atoms in total. The maximum absolute atomic E-state index is 5.32. The van der Waals surface area contributed by atoms with Gasteiger partial charge in [-0.05, 0) is 43.5 Å². The fraction of sp³-hybridized carbons (Fsp3) is 0.571. The molecule has 0 bridgehead atoms. The minimum Gasteiger partial charge on any atom is -0.380 e. The third-order valence-corrected chi connectivity index (χ3v) is 2.81. The second kappa shape index (κ2) is 6.54. The Kier molecular flexibility index (Phi) is 5.33. The van der Waals surface area contributed by atoms with Crippen molar-refractivity contribution in [2.75, 3.05) is 18.5 Å². The summed E-state index contributed by atoms with van der Waals surface area (Å²) < 4.78 is 5.32. The molecule has 90 valence electrons. The van der Waals surface area contributed by atoms with Crippen molar-refractivity contribution in [3.05, 3.63) is 29.3 Å².